The highest BCUT2D eigenvalue weighted by Gasteiger charge is 2.28. The smallest absolute Gasteiger partial charge is 0.335 e. The van der Waals surface area contributed by atoms with Gasteiger partial charge in [0, 0.05) is 0 Å². The van der Waals surface area contributed by atoms with Crippen LogP contribution in [0.3, 0.4) is 0 Å². The van der Waals surface area contributed by atoms with Crippen LogP contribution in [0.25, 0.3) is 0 Å². The maximum absolute atomic E-state index is 12.2. The molecule has 0 radical (unpaired) electrons. The number of rotatable bonds is 7. The molecule has 0 saturated heterocycles. The predicted octanol–water partition coefficient (Wildman–Crippen LogP) is 1.56. The molecule has 0 aromatic heterocycles. The number of aromatic carboxylic acids is 1. The SMILES string of the molecule is CC(C)C(OS(C)(=O)=O)C(=O)N[C@@H](C)c1ccc(C(=O)O)cc1. The Labute approximate surface area is 135 Å². The van der Waals surface area contributed by atoms with Crippen LogP contribution < -0.4 is 5.32 Å². The molecule has 7 nitrogen and oxygen atoms in total. The molecule has 0 saturated carbocycles. The highest BCUT2D eigenvalue weighted by atomic mass is 32.2. The number of carboxylic acids is 1. The molecular weight excluding hydrogens is 322 g/mol. The van der Waals surface area contributed by atoms with E-state index in [2.05, 4.69) is 5.32 Å². The summed E-state index contributed by atoms with van der Waals surface area (Å²) >= 11 is 0. The highest BCUT2D eigenvalue weighted by Crippen LogP contribution is 2.16. The summed E-state index contributed by atoms with van der Waals surface area (Å²) in [5.41, 5.74) is 0.845. The van der Waals surface area contributed by atoms with Crippen LogP contribution in [-0.4, -0.2) is 37.8 Å². The molecule has 2 N–H and O–H groups in total. The van der Waals surface area contributed by atoms with Gasteiger partial charge in [0.05, 0.1) is 17.9 Å². The number of nitrogens with one attached hydrogen (secondary N) is 1. The molecule has 1 aromatic carbocycles. The van der Waals surface area contributed by atoms with Crippen molar-refractivity contribution < 1.29 is 27.3 Å². The van der Waals surface area contributed by atoms with E-state index in [9.17, 15) is 18.0 Å². The number of carbonyl (C=O) groups is 2. The Bertz CT molecular complexity index is 666. The maximum Gasteiger partial charge on any atom is 0.335 e. The van der Waals surface area contributed by atoms with Gasteiger partial charge in [-0.25, -0.2) is 4.79 Å². The topological polar surface area (TPSA) is 110 Å². The van der Waals surface area contributed by atoms with Crippen molar-refractivity contribution in [2.45, 2.75) is 32.9 Å². The van der Waals surface area contributed by atoms with Crippen LogP contribution in [0, 0.1) is 5.92 Å². The average Bonchev–Trinajstić information content (AvgIpc) is 2.43. The molecule has 1 aromatic rings. The Morgan fingerprint density at radius 1 is 1.13 bits per heavy atom. The van der Waals surface area contributed by atoms with Crippen molar-refractivity contribution in [2.24, 2.45) is 5.92 Å². The Balaban J connectivity index is 2.83. The molecule has 23 heavy (non-hydrogen) atoms. The summed E-state index contributed by atoms with van der Waals surface area (Å²) in [5, 5.41) is 11.5. The molecule has 8 heteroatoms. The first-order valence-corrected chi connectivity index (χ1v) is 8.85. The highest BCUT2D eigenvalue weighted by molar-refractivity contribution is 7.86. The normalized spacial score (nSPS) is 14.3. The third-order valence-corrected chi connectivity index (χ3v) is 3.72. The van der Waals surface area contributed by atoms with Crippen molar-refractivity contribution in [2.75, 3.05) is 6.26 Å². The van der Waals surface area contributed by atoms with E-state index in [1.54, 1.807) is 32.9 Å². The summed E-state index contributed by atoms with van der Waals surface area (Å²) < 4.78 is 27.3. The fraction of sp³-hybridized carbons (Fsp3) is 0.467. The molecule has 1 unspecified atom stereocenters. The van der Waals surface area contributed by atoms with Gasteiger partial charge in [-0.2, -0.15) is 8.42 Å². The van der Waals surface area contributed by atoms with Gasteiger partial charge in [-0.05, 0) is 30.5 Å². The molecule has 1 amide bonds. The van der Waals surface area contributed by atoms with Crippen LogP contribution in [0.1, 0.15) is 42.7 Å². The number of carbonyl (C=O) groups excluding carboxylic acids is 1. The van der Waals surface area contributed by atoms with Crippen LogP contribution >= 0.6 is 0 Å². The van der Waals surface area contributed by atoms with E-state index in [4.69, 9.17) is 9.29 Å². The van der Waals surface area contributed by atoms with E-state index >= 15 is 0 Å². The van der Waals surface area contributed by atoms with Crippen molar-refractivity contribution in [1.29, 1.82) is 0 Å². The fourth-order valence-corrected chi connectivity index (χ4v) is 2.63. The molecule has 0 bridgehead atoms. The zero-order valence-electron chi connectivity index (χ0n) is 13.4. The predicted molar refractivity (Wildman–Crippen MR) is 84.5 cm³/mol. The van der Waals surface area contributed by atoms with Crippen LogP contribution in [-0.2, 0) is 19.1 Å². The first-order valence-electron chi connectivity index (χ1n) is 7.03. The Morgan fingerprint density at radius 2 is 1.65 bits per heavy atom. The molecule has 2 atom stereocenters. The van der Waals surface area contributed by atoms with Crippen molar-refractivity contribution in [1.82, 2.24) is 5.32 Å². The van der Waals surface area contributed by atoms with Gasteiger partial charge in [0.25, 0.3) is 16.0 Å². The van der Waals surface area contributed by atoms with Gasteiger partial charge in [-0.15, -0.1) is 0 Å². The number of amides is 1. The lowest BCUT2D eigenvalue weighted by Crippen LogP contribution is -2.41. The summed E-state index contributed by atoms with van der Waals surface area (Å²) in [6.45, 7) is 5.08. The minimum Gasteiger partial charge on any atom is -0.478 e. The van der Waals surface area contributed by atoms with Gasteiger partial charge in [-0.1, -0.05) is 26.0 Å². The van der Waals surface area contributed by atoms with Crippen molar-refractivity contribution >= 4 is 22.0 Å². The third kappa shape index (κ3) is 5.99. The van der Waals surface area contributed by atoms with Gasteiger partial charge in [0.2, 0.25) is 0 Å². The lowest BCUT2D eigenvalue weighted by Gasteiger charge is -2.22. The van der Waals surface area contributed by atoms with Crippen molar-refractivity contribution in [3.8, 4) is 0 Å². The van der Waals surface area contributed by atoms with E-state index in [0.29, 0.717) is 5.56 Å². The average molecular weight is 343 g/mol. The standard InChI is InChI=1S/C15H21NO6S/c1-9(2)13(22-23(4,20)21)14(17)16-10(3)11-5-7-12(8-6-11)15(18)19/h5-10,13H,1-4H3,(H,16,17)(H,18,19)/t10-,13?/m0/s1. The second-order valence-corrected chi connectivity index (χ2v) is 7.22. The second kappa shape index (κ2) is 7.56. The molecule has 0 heterocycles. The van der Waals surface area contributed by atoms with Gasteiger partial charge < -0.3 is 10.4 Å². The Kier molecular flexibility index (Phi) is 6.28. The molecule has 0 fully saturated rings. The number of hydrogen-bond donors (Lipinski definition) is 2. The molecule has 128 valence electrons. The molecule has 0 spiro atoms. The minimum absolute atomic E-state index is 0.146. The summed E-state index contributed by atoms with van der Waals surface area (Å²) in [5.74, 6) is -1.90. The fourth-order valence-electron chi connectivity index (χ4n) is 1.94. The molecule has 1 rings (SSSR count). The van der Waals surface area contributed by atoms with Crippen molar-refractivity contribution in [3.05, 3.63) is 35.4 Å². The first kappa shape index (κ1) is 19.1. The second-order valence-electron chi connectivity index (χ2n) is 5.62. The Morgan fingerprint density at radius 3 is 2.04 bits per heavy atom. The molecule has 0 aliphatic carbocycles. The van der Waals surface area contributed by atoms with E-state index in [1.807, 2.05) is 0 Å². The number of benzene rings is 1. The van der Waals surface area contributed by atoms with E-state index < -0.39 is 34.1 Å². The van der Waals surface area contributed by atoms with Crippen LogP contribution in [0.5, 0.6) is 0 Å². The van der Waals surface area contributed by atoms with Gasteiger partial charge >= 0.3 is 5.97 Å². The van der Waals surface area contributed by atoms with E-state index in [-0.39, 0.29) is 11.5 Å². The van der Waals surface area contributed by atoms with Crippen LogP contribution in [0.15, 0.2) is 24.3 Å². The van der Waals surface area contributed by atoms with Crippen LogP contribution in [0.4, 0.5) is 0 Å². The summed E-state index contributed by atoms with van der Waals surface area (Å²) in [4.78, 5) is 23.0. The molecule has 0 aliphatic heterocycles. The lowest BCUT2D eigenvalue weighted by atomic mass is 10.0. The van der Waals surface area contributed by atoms with Gasteiger partial charge in [0.15, 0.2) is 6.10 Å². The van der Waals surface area contributed by atoms with Gasteiger partial charge in [0.1, 0.15) is 0 Å². The number of hydrogen-bond acceptors (Lipinski definition) is 5. The molecular formula is C15H21NO6S. The summed E-state index contributed by atoms with van der Waals surface area (Å²) in [6.07, 6.45) is -0.227. The van der Waals surface area contributed by atoms with E-state index in [0.717, 1.165) is 6.26 Å². The quantitative estimate of drug-likeness (QED) is 0.727. The molecule has 0 aliphatic rings. The summed E-state index contributed by atoms with van der Waals surface area (Å²) in [7, 11) is -3.76. The zero-order valence-corrected chi connectivity index (χ0v) is 14.3. The monoisotopic (exact) mass is 343 g/mol. The largest absolute Gasteiger partial charge is 0.478 e. The maximum atomic E-state index is 12.2. The third-order valence-electron chi connectivity index (χ3n) is 3.16. The van der Waals surface area contributed by atoms with Crippen molar-refractivity contribution in [3.63, 3.8) is 0 Å². The Hall–Kier alpha value is -1.93. The minimum atomic E-state index is -3.76. The van der Waals surface area contributed by atoms with Gasteiger partial charge in [-0.3, -0.25) is 8.98 Å². The van der Waals surface area contributed by atoms with E-state index in [1.165, 1.54) is 12.1 Å². The first-order chi connectivity index (χ1) is 10.5. The van der Waals surface area contributed by atoms with Crippen LogP contribution in [0.2, 0.25) is 0 Å². The zero-order chi connectivity index (χ0) is 17.8. The summed E-state index contributed by atoms with van der Waals surface area (Å²) in [6, 6.07) is 5.64. The number of carboxylic acid groups (broad SMARTS) is 1. The lowest BCUT2D eigenvalue weighted by molar-refractivity contribution is -0.130.